The third-order valence-electron chi connectivity index (χ3n) is 0.539. The summed E-state index contributed by atoms with van der Waals surface area (Å²) in [6.07, 6.45) is 1.58. The Bertz CT molecular complexity index is 116. The number of carbonyl (C=O) groups excluding carboxylic acids is 1. The monoisotopic (exact) mass is 114 g/mol. The summed E-state index contributed by atoms with van der Waals surface area (Å²) in [4.78, 5) is 10.1. The van der Waals surface area contributed by atoms with Crippen LogP contribution in [0.25, 0.3) is 0 Å². The standard InChI is InChI=1S/C4H6N2O2/c1-8-4(7)2-6-3-5/h6H,2H2,1H3. The second-order valence-corrected chi connectivity index (χ2v) is 1.04. The van der Waals surface area contributed by atoms with Crippen molar-refractivity contribution in [2.75, 3.05) is 13.7 Å². The average Bonchev–Trinajstić information content (AvgIpc) is 1.83. The Morgan fingerprint density at radius 2 is 2.62 bits per heavy atom. The number of rotatable bonds is 2. The number of hydrogen-bond donors (Lipinski definition) is 1. The van der Waals surface area contributed by atoms with Crippen LogP contribution < -0.4 is 5.32 Å². The molecule has 4 nitrogen and oxygen atoms in total. The van der Waals surface area contributed by atoms with E-state index in [4.69, 9.17) is 5.26 Å². The fraction of sp³-hybridized carbons (Fsp3) is 0.500. The molecule has 0 aromatic heterocycles. The van der Waals surface area contributed by atoms with E-state index in [-0.39, 0.29) is 6.54 Å². The van der Waals surface area contributed by atoms with Gasteiger partial charge < -0.3 is 10.1 Å². The maximum Gasteiger partial charge on any atom is 0.325 e. The van der Waals surface area contributed by atoms with Gasteiger partial charge in [-0.3, -0.25) is 4.79 Å². The maximum atomic E-state index is 10.1. The minimum atomic E-state index is -0.438. The molecule has 0 saturated carbocycles. The van der Waals surface area contributed by atoms with E-state index in [0.29, 0.717) is 0 Å². The Morgan fingerprint density at radius 1 is 2.00 bits per heavy atom. The maximum absolute atomic E-state index is 10.1. The van der Waals surface area contributed by atoms with Crippen LogP contribution in [0.2, 0.25) is 0 Å². The molecule has 4 heteroatoms. The molecule has 0 atom stereocenters. The van der Waals surface area contributed by atoms with Crippen LogP contribution in [0, 0.1) is 11.5 Å². The summed E-state index contributed by atoms with van der Waals surface area (Å²) in [5, 5.41) is 9.97. The summed E-state index contributed by atoms with van der Waals surface area (Å²) >= 11 is 0. The largest absolute Gasteiger partial charge is 0.468 e. The Kier molecular flexibility index (Phi) is 3.32. The number of hydrogen-bond acceptors (Lipinski definition) is 4. The number of methoxy groups -OCH3 is 1. The zero-order valence-electron chi connectivity index (χ0n) is 4.47. The van der Waals surface area contributed by atoms with Crippen molar-refractivity contribution in [2.24, 2.45) is 0 Å². The smallest absolute Gasteiger partial charge is 0.325 e. The summed E-state index contributed by atoms with van der Waals surface area (Å²) in [6.45, 7) is -0.0486. The SMILES string of the molecule is COC(=O)CNC#N. The van der Waals surface area contributed by atoms with Crippen LogP contribution in [-0.4, -0.2) is 19.6 Å². The molecule has 0 aromatic carbocycles. The molecule has 8 heavy (non-hydrogen) atoms. The zero-order valence-corrected chi connectivity index (χ0v) is 4.47. The molecule has 0 bridgehead atoms. The number of nitriles is 1. The molecular formula is C4H6N2O2. The predicted octanol–water partition coefficient (Wildman–Crippen LogP) is -0.770. The number of esters is 1. The molecular weight excluding hydrogens is 108 g/mol. The lowest BCUT2D eigenvalue weighted by molar-refractivity contribution is -0.139. The second-order valence-electron chi connectivity index (χ2n) is 1.04. The molecule has 0 spiro atoms. The van der Waals surface area contributed by atoms with Gasteiger partial charge in [0, 0.05) is 0 Å². The van der Waals surface area contributed by atoms with Gasteiger partial charge in [-0.2, -0.15) is 5.26 Å². The van der Waals surface area contributed by atoms with Crippen molar-refractivity contribution >= 4 is 5.97 Å². The van der Waals surface area contributed by atoms with Crippen LogP contribution in [0.4, 0.5) is 0 Å². The van der Waals surface area contributed by atoms with E-state index < -0.39 is 5.97 Å². The van der Waals surface area contributed by atoms with Crippen molar-refractivity contribution in [3.8, 4) is 6.19 Å². The first-order valence-electron chi connectivity index (χ1n) is 2.00. The van der Waals surface area contributed by atoms with Crippen molar-refractivity contribution in [1.29, 1.82) is 5.26 Å². The molecule has 0 rings (SSSR count). The highest BCUT2D eigenvalue weighted by Crippen LogP contribution is 1.65. The number of nitrogens with one attached hydrogen (secondary N) is 1. The number of nitrogens with zero attached hydrogens (tertiary/aromatic N) is 1. The summed E-state index contributed by atoms with van der Waals surface area (Å²) in [7, 11) is 1.27. The van der Waals surface area contributed by atoms with E-state index in [9.17, 15) is 4.79 Å². The average molecular weight is 114 g/mol. The van der Waals surface area contributed by atoms with Crippen LogP contribution in [0.15, 0.2) is 0 Å². The van der Waals surface area contributed by atoms with Gasteiger partial charge in [0.15, 0.2) is 6.19 Å². The third-order valence-corrected chi connectivity index (χ3v) is 0.539. The zero-order chi connectivity index (χ0) is 6.41. The van der Waals surface area contributed by atoms with Crippen molar-refractivity contribution in [1.82, 2.24) is 5.32 Å². The van der Waals surface area contributed by atoms with Crippen LogP contribution >= 0.6 is 0 Å². The minimum Gasteiger partial charge on any atom is -0.468 e. The first-order valence-corrected chi connectivity index (χ1v) is 2.00. The van der Waals surface area contributed by atoms with E-state index in [1.54, 1.807) is 6.19 Å². The summed E-state index contributed by atoms with van der Waals surface area (Å²) in [5.74, 6) is -0.438. The summed E-state index contributed by atoms with van der Waals surface area (Å²) in [6, 6.07) is 0. The van der Waals surface area contributed by atoms with Gasteiger partial charge in [0.1, 0.15) is 6.54 Å². The molecule has 0 aliphatic heterocycles. The first-order chi connectivity index (χ1) is 3.81. The lowest BCUT2D eigenvalue weighted by Crippen LogP contribution is -2.18. The van der Waals surface area contributed by atoms with E-state index in [1.165, 1.54) is 7.11 Å². The lowest BCUT2D eigenvalue weighted by atomic mass is 10.7. The number of ether oxygens (including phenoxy) is 1. The van der Waals surface area contributed by atoms with Crippen molar-refractivity contribution < 1.29 is 9.53 Å². The highest BCUT2D eigenvalue weighted by Gasteiger charge is 1.93. The highest BCUT2D eigenvalue weighted by atomic mass is 16.5. The van der Waals surface area contributed by atoms with Crippen molar-refractivity contribution in [3.63, 3.8) is 0 Å². The molecule has 1 N–H and O–H groups in total. The Hall–Kier alpha value is -1.24. The van der Waals surface area contributed by atoms with E-state index >= 15 is 0 Å². The van der Waals surface area contributed by atoms with Crippen LogP contribution in [0.3, 0.4) is 0 Å². The van der Waals surface area contributed by atoms with Gasteiger partial charge in [-0.1, -0.05) is 0 Å². The molecule has 0 aliphatic rings. The summed E-state index contributed by atoms with van der Waals surface area (Å²) < 4.78 is 4.20. The van der Waals surface area contributed by atoms with E-state index in [0.717, 1.165) is 0 Å². The molecule has 0 unspecified atom stereocenters. The minimum absolute atomic E-state index is 0.0486. The van der Waals surface area contributed by atoms with Gasteiger partial charge >= 0.3 is 5.97 Å². The highest BCUT2D eigenvalue weighted by molar-refractivity contribution is 5.71. The van der Waals surface area contributed by atoms with E-state index in [1.807, 2.05) is 0 Å². The Labute approximate surface area is 47.1 Å². The molecule has 0 aliphatic carbocycles. The first kappa shape index (κ1) is 6.76. The van der Waals surface area contributed by atoms with E-state index in [2.05, 4.69) is 10.1 Å². The predicted molar refractivity (Wildman–Crippen MR) is 25.6 cm³/mol. The Morgan fingerprint density at radius 3 is 3.00 bits per heavy atom. The number of carbonyl (C=O) groups is 1. The van der Waals surface area contributed by atoms with Crippen molar-refractivity contribution in [2.45, 2.75) is 0 Å². The van der Waals surface area contributed by atoms with Crippen LogP contribution in [-0.2, 0) is 9.53 Å². The van der Waals surface area contributed by atoms with Crippen LogP contribution in [0.5, 0.6) is 0 Å². The molecule has 44 valence electrons. The van der Waals surface area contributed by atoms with Crippen molar-refractivity contribution in [3.05, 3.63) is 0 Å². The molecule has 0 heterocycles. The molecule has 0 amide bonds. The van der Waals surface area contributed by atoms with Gasteiger partial charge in [0.05, 0.1) is 7.11 Å². The molecule has 0 aromatic rings. The quantitative estimate of drug-likeness (QED) is 0.291. The topological polar surface area (TPSA) is 62.1 Å². The molecule has 0 fully saturated rings. The molecule has 0 saturated heterocycles. The van der Waals surface area contributed by atoms with Gasteiger partial charge in [-0.15, -0.1) is 0 Å². The van der Waals surface area contributed by atoms with Gasteiger partial charge in [0.2, 0.25) is 0 Å². The summed E-state index contributed by atoms with van der Waals surface area (Å²) in [5.41, 5.74) is 0. The van der Waals surface area contributed by atoms with Gasteiger partial charge in [-0.25, -0.2) is 0 Å². The Balaban J connectivity index is 3.15. The van der Waals surface area contributed by atoms with Crippen LogP contribution in [0.1, 0.15) is 0 Å². The fourth-order valence-corrected chi connectivity index (χ4v) is 0.184. The third kappa shape index (κ3) is 2.97. The fourth-order valence-electron chi connectivity index (χ4n) is 0.184. The second kappa shape index (κ2) is 3.93. The normalized spacial score (nSPS) is 7.00. The van der Waals surface area contributed by atoms with Gasteiger partial charge in [-0.05, 0) is 0 Å². The van der Waals surface area contributed by atoms with Gasteiger partial charge in [0.25, 0.3) is 0 Å². The molecule has 0 radical (unpaired) electrons. The lowest BCUT2D eigenvalue weighted by Gasteiger charge is -1.92.